The van der Waals surface area contributed by atoms with Gasteiger partial charge in [-0.15, -0.1) is 0 Å². The van der Waals surface area contributed by atoms with Crippen LogP contribution in [-0.4, -0.2) is 17.4 Å². The van der Waals surface area contributed by atoms with E-state index in [0.717, 1.165) is 35.3 Å². The third-order valence-corrected chi connectivity index (χ3v) is 6.78. The predicted molar refractivity (Wildman–Crippen MR) is 141 cm³/mol. The first kappa shape index (κ1) is 23.9. The Balaban J connectivity index is 1.53. The molecule has 1 atom stereocenters. The molecule has 0 saturated heterocycles. The molecule has 1 aliphatic heterocycles. The Hall–Kier alpha value is -3.86. The molecule has 3 aromatic carbocycles. The number of carbonyl (C=O) groups excluding carboxylic acids is 1. The van der Waals surface area contributed by atoms with Gasteiger partial charge in [0.2, 0.25) is 5.76 Å². The summed E-state index contributed by atoms with van der Waals surface area (Å²) < 4.78 is 12.0. The Morgan fingerprint density at radius 3 is 2.44 bits per heavy atom. The second-order valence-corrected chi connectivity index (χ2v) is 9.47. The van der Waals surface area contributed by atoms with Gasteiger partial charge >= 0.3 is 0 Å². The summed E-state index contributed by atoms with van der Waals surface area (Å²) in [6.45, 7) is 5.19. The normalized spacial score (nSPS) is 14.9. The molecule has 4 aromatic rings. The standard InChI is InChI=1S/C31H31NO4/c1-3-4-5-9-18-35-24-15-13-23(14-16-24)28-27-29(33)25-19-21(2)12-17-26(25)36-30(27)31(34)32(28)20-22-10-7-6-8-11-22/h6-8,10-17,19,28H,3-5,9,18,20H2,1-2H3. The van der Waals surface area contributed by atoms with E-state index in [4.69, 9.17) is 9.15 Å². The largest absolute Gasteiger partial charge is 0.494 e. The minimum absolute atomic E-state index is 0.133. The summed E-state index contributed by atoms with van der Waals surface area (Å²) in [6.07, 6.45) is 4.59. The number of rotatable bonds is 9. The van der Waals surface area contributed by atoms with Crippen LogP contribution in [-0.2, 0) is 6.54 Å². The van der Waals surface area contributed by atoms with Crippen molar-refractivity contribution in [2.75, 3.05) is 6.61 Å². The second kappa shape index (κ2) is 10.4. The molecule has 36 heavy (non-hydrogen) atoms. The molecule has 0 fully saturated rings. The molecule has 5 heteroatoms. The zero-order valence-electron chi connectivity index (χ0n) is 20.8. The smallest absolute Gasteiger partial charge is 0.291 e. The Morgan fingerprint density at radius 2 is 1.69 bits per heavy atom. The van der Waals surface area contributed by atoms with Crippen LogP contribution in [0.5, 0.6) is 5.75 Å². The zero-order chi connectivity index (χ0) is 25.1. The minimum Gasteiger partial charge on any atom is -0.494 e. The summed E-state index contributed by atoms with van der Waals surface area (Å²) in [7, 11) is 0. The van der Waals surface area contributed by atoms with Gasteiger partial charge in [-0.25, -0.2) is 0 Å². The van der Waals surface area contributed by atoms with Gasteiger partial charge in [0.15, 0.2) is 5.43 Å². The van der Waals surface area contributed by atoms with Crippen molar-refractivity contribution in [3.63, 3.8) is 0 Å². The average Bonchev–Trinajstić information content (AvgIpc) is 3.17. The Bertz CT molecular complexity index is 1420. The number of hydrogen-bond donors (Lipinski definition) is 0. The fourth-order valence-electron chi connectivity index (χ4n) is 4.89. The summed E-state index contributed by atoms with van der Waals surface area (Å²) in [5.74, 6) is 0.652. The summed E-state index contributed by atoms with van der Waals surface area (Å²) in [6, 6.07) is 22.5. The third-order valence-electron chi connectivity index (χ3n) is 6.78. The van der Waals surface area contributed by atoms with Crippen molar-refractivity contribution >= 4 is 16.9 Å². The van der Waals surface area contributed by atoms with Crippen LogP contribution >= 0.6 is 0 Å². The monoisotopic (exact) mass is 481 g/mol. The summed E-state index contributed by atoms with van der Waals surface area (Å²) in [5.41, 5.74) is 3.50. The summed E-state index contributed by atoms with van der Waals surface area (Å²) in [4.78, 5) is 29.1. The molecule has 1 aliphatic rings. The molecule has 0 bridgehead atoms. The van der Waals surface area contributed by atoms with Crippen LogP contribution in [0.2, 0.25) is 0 Å². The van der Waals surface area contributed by atoms with Crippen molar-refractivity contribution in [1.29, 1.82) is 0 Å². The molecule has 0 aliphatic carbocycles. The van der Waals surface area contributed by atoms with Crippen molar-refractivity contribution in [3.8, 4) is 5.75 Å². The number of aryl methyl sites for hydroxylation is 1. The molecule has 0 N–H and O–H groups in total. The van der Waals surface area contributed by atoms with Gasteiger partial charge < -0.3 is 14.1 Å². The lowest BCUT2D eigenvalue weighted by molar-refractivity contribution is 0.0714. The molecular formula is C31H31NO4. The van der Waals surface area contributed by atoms with Gasteiger partial charge in [-0.05, 0) is 48.7 Å². The lowest BCUT2D eigenvalue weighted by Crippen LogP contribution is -2.29. The van der Waals surface area contributed by atoms with Gasteiger partial charge in [-0.3, -0.25) is 9.59 Å². The molecule has 1 aromatic heterocycles. The van der Waals surface area contributed by atoms with E-state index in [1.165, 1.54) is 12.8 Å². The van der Waals surface area contributed by atoms with Gasteiger partial charge in [0.05, 0.1) is 23.6 Å². The lowest BCUT2D eigenvalue weighted by Gasteiger charge is -2.25. The lowest BCUT2D eigenvalue weighted by atomic mass is 9.98. The highest BCUT2D eigenvalue weighted by Crippen LogP contribution is 2.39. The van der Waals surface area contributed by atoms with E-state index in [1.54, 1.807) is 11.0 Å². The molecule has 0 radical (unpaired) electrons. The van der Waals surface area contributed by atoms with Crippen molar-refractivity contribution < 1.29 is 13.9 Å². The van der Waals surface area contributed by atoms with Crippen LogP contribution in [0, 0.1) is 6.92 Å². The van der Waals surface area contributed by atoms with Crippen LogP contribution in [0.25, 0.3) is 11.0 Å². The maximum atomic E-state index is 13.7. The highest BCUT2D eigenvalue weighted by molar-refractivity contribution is 5.99. The molecule has 0 saturated carbocycles. The Kier molecular flexibility index (Phi) is 6.90. The predicted octanol–water partition coefficient (Wildman–Crippen LogP) is 6.81. The van der Waals surface area contributed by atoms with Crippen molar-refractivity contribution in [2.45, 2.75) is 52.1 Å². The number of nitrogens with zero attached hydrogens (tertiary/aromatic N) is 1. The maximum absolute atomic E-state index is 13.7. The molecular weight excluding hydrogens is 450 g/mol. The molecule has 1 unspecified atom stereocenters. The number of amides is 1. The van der Waals surface area contributed by atoms with E-state index in [-0.39, 0.29) is 17.1 Å². The van der Waals surface area contributed by atoms with Crippen LogP contribution in [0.1, 0.15) is 71.5 Å². The van der Waals surface area contributed by atoms with E-state index in [0.29, 0.717) is 29.7 Å². The molecule has 184 valence electrons. The number of unbranched alkanes of at least 4 members (excludes halogenated alkanes) is 3. The van der Waals surface area contributed by atoms with Gasteiger partial charge in [0, 0.05) is 6.54 Å². The van der Waals surface area contributed by atoms with Crippen LogP contribution in [0.15, 0.2) is 82.0 Å². The number of ether oxygens (including phenoxy) is 1. The highest BCUT2D eigenvalue weighted by Gasteiger charge is 2.42. The number of carbonyl (C=O) groups is 1. The first-order chi connectivity index (χ1) is 17.6. The second-order valence-electron chi connectivity index (χ2n) is 9.47. The first-order valence-electron chi connectivity index (χ1n) is 12.7. The van der Waals surface area contributed by atoms with Crippen LogP contribution in [0.3, 0.4) is 0 Å². The SMILES string of the molecule is CCCCCCOc1ccc(C2c3c(oc4ccc(C)cc4c3=O)C(=O)N2Cc2ccccc2)cc1. The molecule has 5 rings (SSSR count). The average molecular weight is 482 g/mol. The van der Waals surface area contributed by atoms with E-state index in [2.05, 4.69) is 6.92 Å². The first-order valence-corrected chi connectivity index (χ1v) is 12.7. The minimum atomic E-state index is -0.535. The van der Waals surface area contributed by atoms with E-state index in [1.807, 2.05) is 73.7 Å². The summed E-state index contributed by atoms with van der Waals surface area (Å²) in [5, 5.41) is 0.500. The molecule has 0 spiro atoms. The number of benzene rings is 3. The quantitative estimate of drug-likeness (QED) is 0.247. The summed E-state index contributed by atoms with van der Waals surface area (Å²) >= 11 is 0. The Labute approximate surface area is 211 Å². The van der Waals surface area contributed by atoms with E-state index < -0.39 is 6.04 Å². The maximum Gasteiger partial charge on any atom is 0.291 e. The Morgan fingerprint density at radius 1 is 0.917 bits per heavy atom. The van der Waals surface area contributed by atoms with Gasteiger partial charge in [0.25, 0.3) is 5.91 Å². The highest BCUT2D eigenvalue weighted by atomic mass is 16.5. The fraction of sp³-hybridized carbons (Fsp3) is 0.290. The molecule has 1 amide bonds. The van der Waals surface area contributed by atoms with E-state index >= 15 is 0 Å². The topological polar surface area (TPSA) is 59.8 Å². The van der Waals surface area contributed by atoms with Gasteiger partial charge in [-0.2, -0.15) is 0 Å². The van der Waals surface area contributed by atoms with Crippen LogP contribution in [0.4, 0.5) is 0 Å². The number of hydrogen-bond acceptors (Lipinski definition) is 4. The van der Waals surface area contributed by atoms with Gasteiger partial charge in [0.1, 0.15) is 11.3 Å². The fourth-order valence-corrected chi connectivity index (χ4v) is 4.89. The van der Waals surface area contributed by atoms with Crippen molar-refractivity contribution in [3.05, 3.63) is 111 Å². The molecule has 5 nitrogen and oxygen atoms in total. The van der Waals surface area contributed by atoms with Gasteiger partial charge in [-0.1, -0.05) is 80.3 Å². The van der Waals surface area contributed by atoms with Crippen LogP contribution < -0.4 is 10.2 Å². The number of fused-ring (bicyclic) bond motifs is 2. The van der Waals surface area contributed by atoms with Crippen molar-refractivity contribution in [1.82, 2.24) is 4.90 Å². The van der Waals surface area contributed by atoms with E-state index in [9.17, 15) is 9.59 Å². The molecule has 2 heterocycles. The zero-order valence-corrected chi connectivity index (χ0v) is 20.8. The third kappa shape index (κ3) is 4.66. The van der Waals surface area contributed by atoms with Crippen molar-refractivity contribution in [2.24, 2.45) is 0 Å².